The van der Waals surface area contributed by atoms with E-state index in [0.717, 1.165) is 11.6 Å². The molecule has 0 bridgehead atoms. The molecule has 0 radical (unpaired) electrons. The lowest BCUT2D eigenvalue weighted by Gasteiger charge is -2.32. The van der Waals surface area contributed by atoms with Crippen LogP contribution in [0.4, 0.5) is 0 Å². The first-order valence-electron chi connectivity index (χ1n) is 6.58. The predicted octanol–water partition coefficient (Wildman–Crippen LogP) is 2.06. The fraction of sp³-hybridized carbons (Fsp3) is 0.769. The van der Waals surface area contributed by atoms with Crippen molar-refractivity contribution in [1.82, 2.24) is 15.2 Å². The summed E-state index contributed by atoms with van der Waals surface area (Å²) in [6.45, 7) is 4.37. The highest BCUT2D eigenvalue weighted by Crippen LogP contribution is 2.36. The Morgan fingerprint density at radius 2 is 2.29 bits per heavy atom. The molecule has 1 saturated carbocycles. The summed E-state index contributed by atoms with van der Waals surface area (Å²) in [5.41, 5.74) is 5.28. The first-order chi connectivity index (χ1) is 8.11. The summed E-state index contributed by atoms with van der Waals surface area (Å²) in [6.07, 6.45) is 5.21. The Bertz CT molecular complexity index is 371. The van der Waals surface area contributed by atoms with Crippen molar-refractivity contribution in [1.29, 1.82) is 0 Å². The molecule has 3 unspecified atom stereocenters. The highest BCUT2D eigenvalue weighted by molar-refractivity contribution is 5.14. The summed E-state index contributed by atoms with van der Waals surface area (Å²) in [5, 5.41) is 4.41. The Balaban J connectivity index is 2.18. The molecule has 1 aromatic rings. The fourth-order valence-electron chi connectivity index (χ4n) is 3.17. The number of rotatable bonds is 3. The molecule has 96 valence electrons. The van der Waals surface area contributed by atoms with E-state index in [1.54, 1.807) is 0 Å². The lowest BCUT2D eigenvalue weighted by molar-refractivity contribution is 0.218. The first kappa shape index (κ1) is 12.6. The molecule has 1 aliphatic carbocycles. The molecule has 2 rings (SSSR count). The summed E-state index contributed by atoms with van der Waals surface area (Å²) < 4.78 is 1.96. The van der Waals surface area contributed by atoms with Crippen LogP contribution < -0.4 is 11.3 Å². The van der Waals surface area contributed by atoms with Gasteiger partial charge in [-0.05, 0) is 37.7 Å². The number of hydrogen-bond acceptors (Lipinski definition) is 3. The molecular formula is C13H24N4. The van der Waals surface area contributed by atoms with E-state index in [-0.39, 0.29) is 6.04 Å². The molecule has 0 aliphatic heterocycles. The van der Waals surface area contributed by atoms with Crippen molar-refractivity contribution in [3.8, 4) is 0 Å². The Labute approximate surface area is 104 Å². The molecule has 1 heterocycles. The van der Waals surface area contributed by atoms with Crippen LogP contribution in [0.1, 0.15) is 50.0 Å². The monoisotopic (exact) mass is 236 g/mol. The predicted molar refractivity (Wildman–Crippen MR) is 69.1 cm³/mol. The van der Waals surface area contributed by atoms with E-state index in [0.29, 0.717) is 5.92 Å². The van der Waals surface area contributed by atoms with Crippen molar-refractivity contribution in [2.75, 3.05) is 0 Å². The fourth-order valence-corrected chi connectivity index (χ4v) is 3.17. The second kappa shape index (κ2) is 5.19. The van der Waals surface area contributed by atoms with Gasteiger partial charge in [-0.1, -0.05) is 19.8 Å². The Kier molecular flexibility index (Phi) is 3.84. The summed E-state index contributed by atoms with van der Waals surface area (Å²) in [4.78, 5) is 0. The molecule has 4 heteroatoms. The SMILES string of the molecule is Cc1cc(C(NN)C2CCCC(C)C2)n(C)n1. The van der Waals surface area contributed by atoms with Gasteiger partial charge in [-0.15, -0.1) is 0 Å². The second-order valence-corrected chi connectivity index (χ2v) is 5.51. The number of hydrazine groups is 1. The topological polar surface area (TPSA) is 55.9 Å². The molecule has 1 fully saturated rings. The smallest absolute Gasteiger partial charge is 0.0657 e. The van der Waals surface area contributed by atoms with E-state index in [1.165, 1.54) is 31.4 Å². The van der Waals surface area contributed by atoms with Gasteiger partial charge >= 0.3 is 0 Å². The number of nitrogens with two attached hydrogens (primary N) is 1. The summed E-state index contributed by atoms with van der Waals surface area (Å²) in [7, 11) is 2.00. The molecule has 1 aliphatic rings. The number of nitrogens with zero attached hydrogens (tertiary/aromatic N) is 2. The van der Waals surface area contributed by atoms with Crippen LogP contribution in [-0.4, -0.2) is 9.78 Å². The van der Waals surface area contributed by atoms with E-state index in [9.17, 15) is 0 Å². The number of hydrogen-bond donors (Lipinski definition) is 2. The number of aromatic nitrogens is 2. The molecule has 0 spiro atoms. The van der Waals surface area contributed by atoms with Gasteiger partial charge in [0, 0.05) is 7.05 Å². The standard InChI is InChI=1S/C13H24N4/c1-9-5-4-6-11(7-9)13(15-14)12-8-10(2)16-17(12)3/h8-9,11,13,15H,4-7,14H2,1-3H3. The zero-order valence-corrected chi connectivity index (χ0v) is 11.1. The molecule has 1 aromatic heterocycles. The lowest BCUT2D eigenvalue weighted by atomic mass is 9.78. The van der Waals surface area contributed by atoms with Crippen LogP contribution >= 0.6 is 0 Å². The van der Waals surface area contributed by atoms with Gasteiger partial charge in [0.15, 0.2) is 0 Å². The normalized spacial score (nSPS) is 27.1. The maximum Gasteiger partial charge on any atom is 0.0657 e. The molecule has 3 atom stereocenters. The minimum atomic E-state index is 0.240. The number of nitrogens with one attached hydrogen (secondary N) is 1. The van der Waals surface area contributed by atoms with Gasteiger partial charge in [-0.2, -0.15) is 5.10 Å². The average molecular weight is 236 g/mol. The van der Waals surface area contributed by atoms with E-state index in [2.05, 4.69) is 23.5 Å². The minimum Gasteiger partial charge on any atom is -0.271 e. The van der Waals surface area contributed by atoms with Gasteiger partial charge in [0.05, 0.1) is 17.4 Å². The lowest BCUT2D eigenvalue weighted by Crippen LogP contribution is -2.36. The van der Waals surface area contributed by atoms with Crippen LogP contribution in [0.2, 0.25) is 0 Å². The van der Waals surface area contributed by atoms with Gasteiger partial charge < -0.3 is 0 Å². The van der Waals surface area contributed by atoms with E-state index in [4.69, 9.17) is 5.84 Å². The van der Waals surface area contributed by atoms with Gasteiger partial charge in [-0.3, -0.25) is 16.0 Å². The molecular weight excluding hydrogens is 212 g/mol. The van der Waals surface area contributed by atoms with Crippen molar-refractivity contribution < 1.29 is 0 Å². The van der Waals surface area contributed by atoms with Gasteiger partial charge in [0.2, 0.25) is 0 Å². The largest absolute Gasteiger partial charge is 0.271 e. The summed E-state index contributed by atoms with van der Waals surface area (Å²) in [6, 6.07) is 2.38. The number of aryl methyl sites for hydroxylation is 2. The molecule has 3 N–H and O–H groups in total. The molecule has 0 saturated heterocycles. The minimum absolute atomic E-state index is 0.240. The molecule has 17 heavy (non-hydrogen) atoms. The Morgan fingerprint density at radius 3 is 2.82 bits per heavy atom. The quantitative estimate of drug-likeness (QED) is 0.624. The highest BCUT2D eigenvalue weighted by Gasteiger charge is 2.28. The first-order valence-corrected chi connectivity index (χ1v) is 6.58. The third-order valence-corrected chi connectivity index (χ3v) is 3.98. The average Bonchev–Trinajstić information content (AvgIpc) is 2.59. The van der Waals surface area contributed by atoms with Gasteiger partial charge in [-0.25, -0.2) is 0 Å². The zero-order chi connectivity index (χ0) is 12.4. The van der Waals surface area contributed by atoms with Crippen LogP contribution in [0.5, 0.6) is 0 Å². The Morgan fingerprint density at radius 1 is 1.53 bits per heavy atom. The van der Waals surface area contributed by atoms with E-state index in [1.807, 2.05) is 18.7 Å². The van der Waals surface area contributed by atoms with Crippen molar-refractivity contribution in [3.63, 3.8) is 0 Å². The van der Waals surface area contributed by atoms with Gasteiger partial charge in [0.1, 0.15) is 0 Å². The molecule has 4 nitrogen and oxygen atoms in total. The third-order valence-electron chi connectivity index (χ3n) is 3.98. The second-order valence-electron chi connectivity index (χ2n) is 5.51. The molecule has 0 aromatic carbocycles. The van der Waals surface area contributed by atoms with E-state index < -0.39 is 0 Å². The van der Waals surface area contributed by atoms with Crippen LogP contribution in [0.15, 0.2) is 6.07 Å². The van der Waals surface area contributed by atoms with Crippen LogP contribution in [0.25, 0.3) is 0 Å². The van der Waals surface area contributed by atoms with Crippen LogP contribution in [0, 0.1) is 18.8 Å². The van der Waals surface area contributed by atoms with Crippen molar-refractivity contribution in [2.24, 2.45) is 24.7 Å². The summed E-state index contributed by atoms with van der Waals surface area (Å²) >= 11 is 0. The van der Waals surface area contributed by atoms with E-state index >= 15 is 0 Å². The van der Waals surface area contributed by atoms with Crippen molar-refractivity contribution >= 4 is 0 Å². The maximum absolute atomic E-state index is 5.77. The van der Waals surface area contributed by atoms with Gasteiger partial charge in [0.25, 0.3) is 0 Å². The maximum atomic E-state index is 5.77. The zero-order valence-electron chi connectivity index (χ0n) is 11.1. The Hall–Kier alpha value is -0.870. The summed E-state index contributed by atoms with van der Waals surface area (Å²) in [5.74, 6) is 7.22. The highest BCUT2D eigenvalue weighted by atomic mass is 15.3. The van der Waals surface area contributed by atoms with Crippen LogP contribution in [-0.2, 0) is 7.05 Å². The third kappa shape index (κ3) is 2.69. The van der Waals surface area contributed by atoms with Crippen molar-refractivity contribution in [3.05, 3.63) is 17.5 Å². The van der Waals surface area contributed by atoms with Crippen molar-refractivity contribution in [2.45, 2.75) is 45.6 Å². The molecule has 0 amide bonds. The van der Waals surface area contributed by atoms with Crippen LogP contribution in [0.3, 0.4) is 0 Å².